The van der Waals surface area contributed by atoms with Gasteiger partial charge in [-0.2, -0.15) is 8.42 Å². The molecule has 1 aliphatic rings. The zero-order valence-electron chi connectivity index (χ0n) is 12.4. The van der Waals surface area contributed by atoms with Crippen LogP contribution in [0.3, 0.4) is 0 Å². The summed E-state index contributed by atoms with van der Waals surface area (Å²) >= 11 is 0. The Morgan fingerprint density at radius 3 is 2.00 bits per heavy atom. The smallest absolute Gasteiger partial charge is 0.265 e. The van der Waals surface area contributed by atoms with Gasteiger partial charge in [-0.1, -0.05) is 20.8 Å². The Kier molecular flexibility index (Phi) is 4.38. The average Bonchev–Trinajstić information content (AvgIpc) is 2.05. The minimum atomic E-state index is -3.41. The zero-order valence-corrected chi connectivity index (χ0v) is 14.2. The van der Waals surface area contributed by atoms with Gasteiger partial charge in [0.15, 0.2) is 8.32 Å². The van der Waals surface area contributed by atoms with E-state index in [-0.39, 0.29) is 5.04 Å². The molecular weight excluding hydrogens is 268 g/mol. The summed E-state index contributed by atoms with van der Waals surface area (Å²) in [6, 6.07) is 0. The third-order valence-electron chi connectivity index (χ3n) is 4.10. The van der Waals surface area contributed by atoms with Crippen LogP contribution in [0, 0.1) is 0 Å². The average molecular weight is 294 g/mol. The molecule has 0 aromatic carbocycles. The first kappa shape index (κ1) is 16.1. The summed E-state index contributed by atoms with van der Waals surface area (Å²) < 4.78 is 33.9. The van der Waals surface area contributed by atoms with Crippen LogP contribution < -0.4 is 0 Å². The van der Waals surface area contributed by atoms with Crippen molar-refractivity contribution in [3.63, 3.8) is 0 Å². The third-order valence-corrected chi connectivity index (χ3v) is 9.23. The van der Waals surface area contributed by atoms with E-state index in [0.29, 0.717) is 6.61 Å². The van der Waals surface area contributed by atoms with E-state index in [1.165, 1.54) is 0 Å². The Balaban J connectivity index is 2.66. The lowest BCUT2D eigenvalue weighted by molar-refractivity contribution is -0.0417. The highest BCUT2D eigenvalue weighted by molar-refractivity contribution is 7.86. The van der Waals surface area contributed by atoms with Gasteiger partial charge in [0, 0.05) is 0 Å². The fourth-order valence-corrected chi connectivity index (χ4v) is 3.59. The van der Waals surface area contributed by atoms with E-state index in [2.05, 4.69) is 33.9 Å². The van der Waals surface area contributed by atoms with Crippen LogP contribution >= 0.6 is 0 Å². The van der Waals surface area contributed by atoms with Crippen molar-refractivity contribution in [2.75, 3.05) is 12.9 Å². The molecule has 0 saturated heterocycles. The number of hydrogen-bond donors (Lipinski definition) is 0. The lowest BCUT2D eigenvalue weighted by atomic mass is 9.81. The standard InChI is InChI=1S/C12H26O4SSi/c1-11(2,3)18(5,6)15-10-12(8-7-9-12)16-17(4,13)14/h7-10H2,1-6H3. The first-order valence-electron chi connectivity index (χ1n) is 6.42. The lowest BCUT2D eigenvalue weighted by Crippen LogP contribution is -2.51. The molecule has 0 unspecified atom stereocenters. The molecule has 6 heteroatoms. The molecule has 0 bridgehead atoms. The van der Waals surface area contributed by atoms with Gasteiger partial charge < -0.3 is 4.43 Å². The molecule has 0 aromatic rings. The molecule has 1 aliphatic carbocycles. The molecule has 18 heavy (non-hydrogen) atoms. The van der Waals surface area contributed by atoms with Gasteiger partial charge in [-0.3, -0.25) is 4.18 Å². The van der Waals surface area contributed by atoms with E-state index >= 15 is 0 Å². The Morgan fingerprint density at radius 2 is 1.72 bits per heavy atom. The highest BCUT2D eigenvalue weighted by atomic mass is 32.2. The van der Waals surface area contributed by atoms with E-state index in [1.807, 2.05) is 0 Å². The van der Waals surface area contributed by atoms with Crippen LogP contribution in [0.25, 0.3) is 0 Å². The fourth-order valence-electron chi connectivity index (χ4n) is 1.67. The Labute approximate surface area is 112 Å². The molecular formula is C12H26O4SSi. The molecule has 0 N–H and O–H groups in total. The second-order valence-electron chi connectivity index (χ2n) is 6.87. The molecule has 0 spiro atoms. The number of rotatable bonds is 5. The lowest BCUT2D eigenvalue weighted by Gasteiger charge is -2.44. The van der Waals surface area contributed by atoms with Crippen LogP contribution in [0.1, 0.15) is 40.0 Å². The summed E-state index contributed by atoms with van der Waals surface area (Å²) in [5, 5.41) is 0.128. The highest BCUT2D eigenvalue weighted by Gasteiger charge is 2.45. The van der Waals surface area contributed by atoms with Crippen LogP contribution in [0.15, 0.2) is 0 Å². The van der Waals surface area contributed by atoms with Crippen LogP contribution in [0.2, 0.25) is 18.1 Å². The molecule has 1 fully saturated rings. The van der Waals surface area contributed by atoms with Crippen molar-refractivity contribution >= 4 is 18.4 Å². The van der Waals surface area contributed by atoms with Crippen LogP contribution in [0.4, 0.5) is 0 Å². The maximum Gasteiger partial charge on any atom is 0.265 e. The Bertz CT molecular complexity index is 391. The summed E-state index contributed by atoms with van der Waals surface area (Å²) in [6.07, 6.45) is 3.67. The van der Waals surface area contributed by atoms with Gasteiger partial charge in [0.2, 0.25) is 0 Å². The molecule has 0 amide bonds. The maximum atomic E-state index is 11.3. The summed E-state index contributed by atoms with van der Waals surface area (Å²) in [6.45, 7) is 11.2. The largest absolute Gasteiger partial charge is 0.414 e. The minimum Gasteiger partial charge on any atom is -0.414 e. The van der Waals surface area contributed by atoms with Gasteiger partial charge in [-0.25, -0.2) is 0 Å². The molecule has 108 valence electrons. The van der Waals surface area contributed by atoms with Crippen molar-refractivity contribution in [1.29, 1.82) is 0 Å². The quantitative estimate of drug-likeness (QED) is 0.578. The third kappa shape index (κ3) is 4.04. The van der Waals surface area contributed by atoms with E-state index < -0.39 is 24.0 Å². The van der Waals surface area contributed by atoms with E-state index in [0.717, 1.165) is 25.5 Å². The second kappa shape index (κ2) is 4.88. The molecule has 1 rings (SSSR count). The summed E-state index contributed by atoms with van der Waals surface area (Å²) in [4.78, 5) is 0. The molecule has 4 nitrogen and oxygen atoms in total. The van der Waals surface area contributed by atoms with Crippen LogP contribution in [0.5, 0.6) is 0 Å². The topological polar surface area (TPSA) is 52.6 Å². The zero-order chi connectivity index (χ0) is 14.2. The molecule has 1 saturated carbocycles. The SMILES string of the molecule is CC(C)(C)[Si](C)(C)OCC1(OS(C)(=O)=O)CCC1. The van der Waals surface area contributed by atoms with E-state index in [9.17, 15) is 8.42 Å². The van der Waals surface area contributed by atoms with Gasteiger partial charge in [-0.05, 0) is 37.4 Å². The van der Waals surface area contributed by atoms with Crippen molar-refractivity contribution in [3.8, 4) is 0 Å². The summed E-state index contributed by atoms with van der Waals surface area (Å²) in [7, 11) is -5.26. The predicted octanol–water partition coefficient (Wildman–Crippen LogP) is 2.91. The summed E-state index contributed by atoms with van der Waals surface area (Å²) in [5.41, 5.74) is -0.594. The van der Waals surface area contributed by atoms with E-state index in [1.54, 1.807) is 0 Å². The second-order valence-corrected chi connectivity index (χ2v) is 13.3. The van der Waals surface area contributed by atoms with Crippen LogP contribution in [-0.4, -0.2) is 35.2 Å². The van der Waals surface area contributed by atoms with Crippen molar-refractivity contribution in [3.05, 3.63) is 0 Å². The van der Waals surface area contributed by atoms with Gasteiger partial charge in [0.25, 0.3) is 10.1 Å². The van der Waals surface area contributed by atoms with Gasteiger partial charge in [0.05, 0.1) is 12.9 Å². The van der Waals surface area contributed by atoms with E-state index in [4.69, 9.17) is 8.61 Å². The molecule has 0 atom stereocenters. The molecule has 0 radical (unpaired) electrons. The summed E-state index contributed by atoms with van der Waals surface area (Å²) in [5.74, 6) is 0. The first-order valence-corrected chi connectivity index (χ1v) is 11.1. The Morgan fingerprint density at radius 1 is 1.22 bits per heavy atom. The van der Waals surface area contributed by atoms with Crippen LogP contribution in [-0.2, 0) is 18.7 Å². The monoisotopic (exact) mass is 294 g/mol. The van der Waals surface area contributed by atoms with Crippen molar-refractivity contribution in [2.24, 2.45) is 0 Å². The first-order chi connectivity index (χ1) is 7.87. The normalized spacial score (nSPS) is 20.6. The van der Waals surface area contributed by atoms with Crippen molar-refractivity contribution < 1.29 is 17.0 Å². The van der Waals surface area contributed by atoms with Crippen molar-refractivity contribution in [2.45, 2.75) is 63.8 Å². The molecule has 0 aliphatic heterocycles. The maximum absolute atomic E-state index is 11.3. The molecule has 0 aromatic heterocycles. The minimum absolute atomic E-state index is 0.128. The van der Waals surface area contributed by atoms with Gasteiger partial charge in [0.1, 0.15) is 5.60 Å². The molecule has 0 heterocycles. The fraction of sp³-hybridized carbons (Fsp3) is 1.00. The van der Waals surface area contributed by atoms with Crippen molar-refractivity contribution in [1.82, 2.24) is 0 Å². The number of hydrogen-bond acceptors (Lipinski definition) is 4. The van der Waals surface area contributed by atoms with Gasteiger partial charge in [-0.15, -0.1) is 0 Å². The van der Waals surface area contributed by atoms with Gasteiger partial charge >= 0.3 is 0 Å². The highest BCUT2D eigenvalue weighted by Crippen LogP contribution is 2.41. The predicted molar refractivity (Wildman–Crippen MR) is 75.7 cm³/mol. The Hall–Kier alpha value is 0.0869.